The van der Waals surface area contributed by atoms with Gasteiger partial charge in [-0.1, -0.05) is 65.3 Å². The van der Waals surface area contributed by atoms with Gasteiger partial charge >= 0.3 is 0 Å². The Morgan fingerprint density at radius 3 is 2.33 bits per heavy atom. The van der Waals surface area contributed by atoms with Crippen LogP contribution in [0.1, 0.15) is 70.9 Å². The van der Waals surface area contributed by atoms with Crippen LogP contribution in [-0.2, 0) is 6.42 Å². The molecule has 21 heavy (non-hydrogen) atoms. The highest BCUT2D eigenvalue weighted by Crippen LogP contribution is 2.44. The van der Waals surface area contributed by atoms with Gasteiger partial charge in [-0.3, -0.25) is 0 Å². The quantitative estimate of drug-likeness (QED) is 0.762. The van der Waals surface area contributed by atoms with Crippen molar-refractivity contribution in [2.24, 2.45) is 11.3 Å². The molecule has 2 atom stereocenters. The van der Waals surface area contributed by atoms with E-state index in [4.69, 9.17) is 0 Å². The van der Waals surface area contributed by atoms with E-state index >= 15 is 0 Å². The van der Waals surface area contributed by atoms with Gasteiger partial charge in [0, 0.05) is 6.04 Å². The zero-order valence-corrected chi connectivity index (χ0v) is 14.6. The minimum atomic E-state index is 0.491. The Hall–Kier alpha value is -0.820. The van der Waals surface area contributed by atoms with E-state index < -0.39 is 0 Å². The van der Waals surface area contributed by atoms with Gasteiger partial charge in [0.1, 0.15) is 0 Å². The fraction of sp³-hybridized carbons (Fsp3) is 0.700. The van der Waals surface area contributed by atoms with Crippen LogP contribution >= 0.6 is 0 Å². The molecule has 1 aliphatic rings. The average molecular weight is 287 g/mol. The molecule has 2 rings (SSSR count). The third-order valence-corrected chi connectivity index (χ3v) is 5.39. The van der Waals surface area contributed by atoms with Crippen molar-refractivity contribution in [1.82, 2.24) is 5.32 Å². The van der Waals surface area contributed by atoms with Crippen molar-refractivity contribution in [2.75, 3.05) is 6.54 Å². The summed E-state index contributed by atoms with van der Waals surface area (Å²) < 4.78 is 0. The fourth-order valence-corrected chi connectivity index (χ4v) is 4.01. The number of hydrogen-bond donors (Lipinski definition) is 1. The molecule has 1 fully saturated rings. The third-order valence-electron chi connectivity index (χ3n) is 5.39. The molecule has 0 spiro atoms. The molecule has 0 saturated heterocycles. The van der Waals surface area contributed by atoms with E-state index in [1.165, 1.54) is 36.8 Å². The van der Waals surface area contributed by atoms with Gasteiger partial charge in [0.15, 0.2) is 0 Å². The lowest BCUT2D eigenvalue weighted by Gasteiger charge is -2.35. The lowest BCUT2D eigenvalue weighted by molar-refractivity contribution is 0.197. The first-order valence-corrected chi connectivity index (χ1v) is 8.76. The van der Waals surface area contributed by atoms with Crippen LogP contribution in [0.2, 0.25) is 0 Å². The predicted octanol–water partition coefficient (Wildman–Crippen LogP) is 5.16. The van der Waals surface area contributed by atoms with Crippen molar-refractivity contribution in [1.29, 1.82) is 0 Å². The maximum atomic E-state index is 3.77. The minimum absolute atomic E-state index is 0.491. The molecule has 0 bridgehead atoms. The number of rotatable bonds is 6. The monoisotopic (exact) mass is 287 g/mol. The number of likely N-dealkylation sites (N-methyl/N-ethyl adjacent to an activating group) is 1. The second-order valence-corrected chi connectivity index (χ2v) is 7.75. The molecule has 0 aromatic heterocycles. The van der Waals surface area contributed by atoms with Crippen LogP contribution in [0.15, 0.2) is 24.3 Å². The molecular weight excluding hydrogens is 254 g/mol. The van der Waals surface area contributed by atoms with Gasteiger partial charge < -0.3 is 5.32 Å². The van der Waals surface area contributed by atoms with Crippen molar-refractivity contribution in [3.63, 3.8) is 0 Å². The van der Waals surface area contributed by atoms with E-state index in [1.54, 1.807) is 0 Å². The Labute approximate surface area is 131 Å². The van der Waals surface area contributed by atoms with E-state index in [-0.39, 0.29) is 0 Å². The highest BCUT2D eigenvalue weighted by atomic mass is 14.9. The summed E-state index contributed by atoms with van der Waals surface area (Å²) in [6, 6.07) is 9.91. The Morgan fingerprint density at radius 1 is 1.19 bits per heavy atom. The first-order chi connectivity index (χ1) is 9.94. The van der Waals surface area contributed by atoms with Crippen molar-refractivity contribution in [3.05, 3.63) is 35.4 Å². The van der Waals surface area contributed by atoms with Crippen LogP contribution in [0.25, 0.3) is 0 Å². The summed E-state index contributed by atoms with van der Waals surface area (Å²) in [4.78, 5) is 0. The molecule has 1 heteroatoms. The van der Waals surface area contributed by atoms with E-state index in [9.17, 15) is 0 Å². The van der Waals surface area contributed by atoms with E-state index in [0.29, 0.717) is 17.4 Å². The van der Waals surface area contributed by atoms with Gasteiger partial charge in [-0.15, -0.1) is 0 Å². The van der Waals surface area contributed by atoms with Crippen LogP contribution in [-0.4, -0.2) is 12.6 Å². The summed E-state index contributed by atoms with van der Waals surface area (Å²) in [7, 11) is 0. The third kappa shape index (κ3) is 4.10. The first kappa shape index (κ1) is 16.5. The molecule has 0 aliphatic heterocycles. The Morgan fingerprint density at radius 2 is 1.86 bits per heavy atom. The van der Waals surface area contributed by atoms with E-state index in [0.717, 1.165) is 12.5 Å². The molecule has 0 amide bonds. The van der Waals surface area contributed by atoms with E-state index in [1.807, 2.05) is 0 Å². The molecule has 118 valence electrons. The smallest absolute Gasteiger partial charge is 0.0141 e. The number of nitrogens with one attached hydrogen (secondary N) is 1. The molecule has 0 heterocycles. The van der Waals surface area contributed by atoms with Gasteiger partial charge in [-0.2, -0.15) is 0 Å². The van der Waals surface area contributed by atoms with Gasteiger partial charge in [0.2, 0.25) is 0 Å². The van der Waals surface area contributed by atoms with Crippen LogP contribution in [0.4, 0.5) is 0 Å². The average Bonchev–Trinajstić information content (AvgIpc) is 2.78. The molecule has 1 aromatic rings. The Kier molecular flexibility index (Phi) is 5.48. The topological polar surface area (TPSA) is 12.0 Å². The lowest BCUT2D eigenvalue weighted by atomic mass is 9.76. The summed E-state index contributed by atoms with van der Waals surface area (Å²) in [5, 5.41) is 3.77. The zero-order valence-electron chi connectivity index (χ0n) is 14.6. The summed E-state index contributed by atoms with van der Waals surface area (Å²) in [5.74, 6) is 1.43. The molecule has 1 saturated carbocycles. The molecule has 0 radical (unpaired) electrons. The van der Waals surface area contributed by atoms with Crippen molar-refractivity contribution in [2.45, 2.75) is 72.3 Å². The van der Waals surface area contributed by atoms with E-state index in [2.05, 4.69) is 64.2 Å². The van der Waals surface area contributed by atoms with Gasteiger partial charge in [0.05, 0.1) is 0 Å². The van der Waals surface area contributed by atoms with Gasteiger partial charge in [-0.05, 0) is 54.2 Å². The summed E-state index contributed by atoms with van der Waals surface area (Å²) >= 11 is 0. The van der Waals surface area contributed by atoms with Crippen LogP contribution in [0, 0.1) is 11.3 Å². The van der Waals surface area contributed by atoms with Crippen molar-refractivity contribution in [3.8, 4) is 0 Å². The van der Waals surface area contributed by atoms with Crippen LogP contribution < -0.4 is 5.32 Å². The molecule has 1 nitrogen and oxygen atoms in total. The van der Waals surface area contributed by atoms with Gasteiger partial charge in [-0.25, -0.2) is 0 Å². The second-order valence-electron chi connectivity index (χ2n) is 7.75. The maximum absolute atomic E-state index is 3.77. The lowest BCUT2D eigenvalue weighted by Crippen LogP contribution is -2.42. The normalized spacial score (nSPS) is 22.7. The number of hydrogen-bond acceptors (Lipinski definition) is 1. The maximum Gasteiger partial charge on any atom is 0.0141 e. The first-order valence-electron chi connectivity index (χ1n) is 8.76. The Balaban J connectivity index is 2.09. The predicted molar refractivity (Wildman–Crippen MR) is 92.8 cm³/mol. The highest BCUT2D eigenvalue weighted by Gasteiger charge is 2.39. The molecule has 1 aromatic carbocycles. The summed E-state index contributed by atoms with van der Waals surface area (Å²) in [6.45, 7) is 12.7. The highest BCUT2D eigenvalue weighted by molar-refractivity contribution is 5.25. The van der Waals surface area contributed by atoms with Crippen molar-refractivity contribution < 1.29 is 0 Å². The SMILES string of the molecule is CCNC(Cc1ccc(C(C)C)cc1)C1CCCC1(C)C. The van der Waals surface area contributed by atoms with Crippen molar-refractivity contribution >= 4 is 0 Å². The standard InChI is InChI=1S/C20H33N/c1-6-21-19(18-8-7-13-20(18,4)5)14-16-9-11-17(12-10-16)15(2)3/h9-12,15,18-19,21H,6-8,13-14H2,1-5H3. The van der Waals surface area contributed by atoms with Gasteiger partial charge in [0.25, 0.3) is 0 Å². The molecular formula is C20H33N. The molecule has 1 aliphatic carbocycles. The number of benzene rings is 1. The second kappa shape index (κ2) is 6.96. The minimum Gasteiger partial charge on any atom is -0.314 e. The van der Waals surface area contributed by atoms with Crippen LogP contribution in [0.5, 0.6) is 0 Å². The Bertz CT molecular complexity index is 430. The molecule has 2 unspecified atom stereocenters. The molecule has 1 N–H and O–H groups in total. The largest absolute Gasteiger partial charge is 0.314 e. The zero-order chi connectivity index (χ0) is 15.5. The van der Waals surface area contributed by atoms with Crippen LogP contribution in [0.3, 0.4) is 0 Å². The fourth-order valence-electron chi connectivity index (χ4n) is 4.01. The summed E-state index contributed by atoms with van der Waals surface area (Å²) in [5.41, 5.74) is 3.41. The summed E-state index contributed by atoms with van der Waals surface area (Å²) in [6.07, 6.45) is 5.33.